The number of benzene rings is 1. The largest absolute Gasteiger partial charge is 0.462 e. The molecule has 0 bridgehead atoms. The van der Waals surface area contributed by atoms with E-state index in [0.29, 0.717) is 17.2 Å². The molecule has 3 heteroatoms. The summed E-state index contributed by atoms with van der Waals surface area (Å²) in [6.45, 7) is 15.6. The van der Waals surface area contributed by atoms with Gasteiger partial charge in [0.2, 0.25) is 0 Å². The summed E-state index contributed by atoms with van der Waals surface area (Å²) in [7, 11) is 0. The highest BCUT2D eigenvalue weighted by Crippen LogP contribution is 2.49. The van der Waals surface area contributed by atoms with E-state index < -0.39 is 0 Å². The molecule has 0 saturated carbocycles. The van der Waals surface area contributed by atoms with E-state index in [0.717, 1.165) is 42.4 Å². The zero-order valence-corrected chi connectivity index (χ0v) is 20.8. The second-order valence-electron chi connectivity index (χ2n) is 9.40. The summed E-state index contributed by atoms with van der Waals surface area (Å²) in [5.41, 5.74) is 6.56. The van der Waals surface area contributed by atoms with Gasteiger partial charge in [-0.15, -0.1) is 0 Å². The molecule has 1 aliphatic carbocycles. The maximum atomic E-state index is 12.5. The molecule has 0 radical (unpaired) electrons. The zero-order valence-electron chi connectivity index (χ0n) is 20.1. The van der Waals surface area contributed by atoms with Crippen LogP contribution in [-0.2, 0) is 4.74 Å². The van der Waals surface area contributed by atoms with Gasteiger partial charge in [-0.1, -0.05) is 82.3 Å². The van der Waals surface area contributed by atoms with Crippen LogP contribution in [-0.4, -0.2) is 12.6 Å². The van der Waals surface area contributed by atoms with Gasteiger partial charge in [0, 0.05) is 10.6 Å². The molecule has 170 valence electrons. The second-order valence-corrected chi connectivity index (χ2v) is 9.81. The Morgan fingerprint density at radius 3 is 2.55 bits per heavy atom. The minimum absolute atomic E-state index is 0.0701. The molecular formula is C28H39ClO2. The van der Waals surface area contributed by atoms with E-state index in [1.807, 2.05) is 18.2 Å². The van der Waals surface area contributed by atoms with Gasteiger partial charge in [-0.05, 0) is 73.8 Å². The van der Waals surface area contributed by atoms with Crippen molar-refractivity contribution < 1.29 is 9.53 Å². The highest BCUT2D eigenvalue weighted by atomic mass is 35.5. The molecule has 2 rings (SSSR count). The quantitative estimate of drug-likeness (QED) is 0.205. The molecule has 0 atom stereocenters. The molecule has 0 N–H and O–H groups in total. The summed E-state index contributed by atoms with van der Waals surface area (Å²) in [4.78, 5) is 12.5. The first-order valence-electron chi connectivity index (χ1n) is 11.7. The summed E-state index contributed by atoms with van der Waals surface area (Å²) >= 11 is 6.75. The average molecular weight is 443 g/mol. The number of carbonyl (C=O) groups excluding carboxylic acids is 1. The Morgan fingerprint density at radius 1 is 1.23 bits per heavy atom. The van der Waals surface area contributed by atoms with Crippen LogP contribution in [0.4, 0.5) is 0 Å². The number of unbranched alkanes of at least 4 members (excludes halogenated alkanes) is 4. The van der Waals surface area contributed by atoms with Crippen LogP contribution in [0, 0.1) is 5.41 Å². The van der Waals surface area contributed by atoms with Crippen LogP contribution in [0.5, 0.6) is 0 Å². The minimum Gasteiger partial charge on any atom is -0.462 e. The third-order valence-electron chi connectivity index (χ3n) is 6.36. The molecule has 0 amide bonds. The summed E-state index contributed by atoms with van der Waals surface area (Å²) in [5.74, 6) is -0.302. The first kappa shape index (κ1) is 25.5. The van der Waals surface area contributed by atoms with E-state index >= 15 is 0 Å². The van der Waals surface area contributed by atoms with Gasteiger partial charge in [-0.3, -0.25) is 0 Å². The number of esters is 1. The predicted octanol–water partition coefficient (Wildman–Crippen LogP) is 8.95. The number of hydrogen-bond donors (Lipinski definition) is 0. The molecule has 0 unspecified atom stereocenters. The van der Waals surface area contributed by atoms with Crippen molar-refractivity contribution in [1.29, 1.82) is 0 Å². The van der Waals surface area contributed by atoms with Crippen LogP contribution in [0.2, 0.25) is 5.02 Å². The molecule has 1 aliphatic rings. The number of rotatable bonds is 10. The summed E-state index contributed by atoms with van der Waals surface area (Å²) in [6.07, 6.45) is 11.0. The fraction of sp³-hybridized carbons (Fsp3) is 0.536. The first-order valence-corrected chi connectivity index (χ1v) is 12.1. The van der Waals surface area contributed by atoms with Gasteiger partial charge in [0.1, 0.15) is 0 Å². The number of ether oxygens (including phenoxy) is 1. The molecular weight excluding hydrogens is 404 g/mol. The lowest BCUT2D eigenvalue weighted by Gasteiger charge is -2.37. The molecule has 0 heterocycles. The van der Waals surface area contributed by atoms with Crippen LogP contribution in [0.1, 0.15) is 102 Å². The monoisotopic (exact) mass is 442 g/mol. The Morgan fingerprint density at radius 2 is 1.94 bits per heavy atom. The average Bonchev–Trinajstić information content (AvgIpc) is 2.72. The Kier molecular flexibility index (Phi) is 9.62. The molecule has 2 nitrogen and oxygen atoms in total. The van der Waals surface area contributed by atoms with Gasteiger partial charge >= 0.3 is 5.97 Å². The molecule has 31 heavy (non-hydrogen) atoms. The summed E-state index contributed by atoms with van der Waals surface area (Å²) in [5, 5.41) is 0.579. The van der Waals surface area contributed by atoms with E-state index in [1.54, 1.807) is 6.07 Å². The number of hydrogen-bond acceptors (Lipinski definition) is 2. The Bertz CT molecular complexity index is 858. The van der Waals surface area contributed by atoms with Crippen LogP contribution in [0.15, 0.2) is 47.6 Å². The lowest BCUT2D eigenvalue weighted by molar-refractivity contribution is 0.0497. The van der Waals surface area contributed by atoms with Crippen LogP contribution in [0.25, 0.3) is 5.57 Å². The summed E-state index contributed by atoms with van der Waals surface area (Å²) < 4.78 is 5.46. The molecule has 0 aliphatic heterocycles. The number of carbonyl (C=O) groups is 1. The van der Waals surface area contributed by atoms with Gasteiger partial charge in [-0.25, -0.2) is 4.79 Å². The zero-order chi connectivity index (χ0) is 23.0. The maximum absolute atomic E-state index is 12.5. The molecule has 0 spiro atoms. The van der Waals surface area contributed by atoms with Gasteiger partial charge in [0.05, 0.1) is 12.2 Å². The lowest BCUT2D eigenvalue weighted by atomic mass is 9.68. The lowest BCUT2D eigenvalue weighted by Crippen LogP contribution is -2.22. The van der Waals surface area contributed by atoms with E-state index in [4.69, 9.17) is 16.3 Å². The normalized spacial score (nSPS) is 16.7. The third kappa shape index (κ3) is 6.59. The van der Waals surface area contributed by atoms with Gasteiger partial charge < -0.3 is 4.74 Å². The fourth-order valence-corrected chi connectivity index (χ4v) is 4.89. The Hall–Kier alpha value is -1.80. The Labute approximate surface area is 194 Å². The standard InChI is InChI=1S/C28H39ClO2/c1-7-9-10-11-12-18-31-27(30)22-15-16-23(24(29)19-22)25(20(3)8-2)26-21(4)14-13-17-28(26,5)6/h8,15-16,19H,2,7,9-14,17-18H2,1,3-6H3. The highest BCUT2D eigenvalue weighted by molar-refractivity contribution is 6.33. The molecule has 1 aromatic rings. The minimum atomic E-state index is -0.302. The van der Waals surface area contributed by atoms with Crippen molar-refractivity contribution in [2.45, 2.75) is 86.0 Å². The van der Waals surface area contributed by atoms with Gasteiger partial charge in [0.15, 0.2) is 0 Å². The first-order chi connectivity index (χ1) is 14.7. The van der Waals surface area contributed by atoms with Crippen molar-refractivity contribution in [3.63, 3.8) is 0 Å². The molecule has 0 aromatic heterocycles. The third-order valence-corrected chi connectivity index (χ3v) is 6.68. The van der Waals surface area contributed by atoms with Crippen molar-refractivity contribution in [3.8, 4) is 0 Å². The topological polar surface area (TPSA) is 26.3 Å². The van der Waals surface area contributed by atoms with E-state index in [9.17, 15) is 4.79 Å². The molecule has 0 saturated heterocycles. The van der Waals surface area contributed by atoms with Crippen LogP contribution >= 0.6 is 11.6 Å². The van der Waals surface area contributed by atoms with Crippen molar-refractivity contribution in [2.75, 3.05) is 6.61 Å². The fourth-order valence-electron chi connectivity index (χ4n) is 4.62. The SMILES string of the molecule is C=CC(C)=C(C1=C(C)CCCC1(C)C)c1ccc(C(=O)OCCCCCCC)cc1Cl. The van der Waals surface area contributed by atoms with Crippen molar-refractivity contribution in [3.05, 3.63) is 63.7 Å². The molecule has 0 fully saturated rings. The highest BCUT2D eigenvalue weighted by Gasteiger charge is 2.32. The van der Waals surface area contributed by atoms with E-state index in [-0.39, 0.29) is 11.4 Å². The maximum Gasteiger partial charge on any atom is 0.338 e. The van der Waals surface area contributed by atoms with E-state index in [2.05, 4.69) is 41.2 Å². The van der Waals surface area contributed by atoms with Crippen molar-refractivity contribution >= 4 is 23.1 Å². The van der Waals surface area contributed by atoms with Gasteiger partial charge in [-0.2, -0.15) is 0 Å². The van der Waals surface area contributed by atoms with Crippen LogP contribution in [0.3, 0.4) is 0 Å². The van der Waals surface area contributed by atoms with E-state index in [1.165, 1.54) is 36.8 Å². The molecule has 1 aromatic carbocycles. The number of allylic oxidation sites excluding steroid dienone is 5. The summed E-state index contributed by atoms with van der Waals surface area (Å²) in [6, 6.07) is 5.55. The van der Waals surface area contributed by atoms with Crippen molar-refractivity contribution in [2.24, 2.45) is 5.41 Å². The predicted molar refractivity (Wildman–Crippen MR) is 134 cm³/mol. The number of halogens is 1. The van der Waals surface area contributed by atoms with Gasteiger partial charge in [0.25, 0.3) is 0 Å². The van der Waals surface area contributed by atoms with Crippen LogP contribution < -0.4 is 0 Å². The Balaban J connectivity index is 2.27. The second kappa shape index (κ2) is 11.7. The smallest absolute Gasteiger partial charge is 0.338 e. The van der Waals surface area contributed by atoms with Crippen molar-refractivity contribution in [1.82, 2.24) is 0 Å².